The van der Waals surface area contributed by atoms with E-state index in [2.05, 4.69) is 0 Å². The van der Waals surface area contributed by atoms with E-state index in [0.29, 0.717) is 6.42 Å². The predicted octanol–water partition coefficient (Wildman–Crippen LogP) is 2.34. The summed E-state index contributed by atoms with van der Waals surface area (Å²) in [5.74, 6) is -1.51. The van der Waals surface area contributed by atoms with Gasteiger partial charge in [0.1, 0.15) is 6.61 Å². The third-order valence-electron chi connectivity index (χ3n) is 3.95. The summed E-state index contributed by atoms with van der Waals surface area (Å²) in [5.41, 5.74) is 0.960. The number of aryl methyl sites for hydroxylation is 1. The van der Waals surface area contributed by atoms with Crippen molar-refractivity contribution >= 4 is 16.1 Å². The summed E-state index contributed by atoms with van der Waals surface area (Å²) in [6.45, 7) is 3.19. The normalized spacial score (nSPS) is 23.0. The molecular formula is C18H24O7S. The van der Waals surface area contributed by atoms with E-state index in [4.69, 9.17) is 18.4 Å². The molecule has 0 aromatic heterocycles. The van der Waals surface area contributed by atoms with Crippen molar-refractivity contribution < 1.29 is 31.6 Å². The summed E-state index contributed by atoms with van der Waals surface area (Å²) in [6.07, 6.45) is 3.95. The van der Waals surface area contributed by atoms with Crippen LogP contribution >= 0.6 is 0 Å². The maximum absolute atomic E-state index is 12.2. The Balaban J connectivity index is 1.95. The van der Waals surface area contributed by atoms with Crippen molar-refractivity contribution in [1.29, 1.82) is 0 Å². The van der Waals surface area contributed by atoms with E-state index in [9.17, 15) is 13.2 Å². The SMILES string of the molecule is CO[C@@]1(CCOS(=O)(=O)c2ccc(C)cc2)C=CC[C@H](COC(C)=O)O1. The lowest BCUT2D eigenvalue weighted by atomic mass is 10.1. The Morgan fingerprint density at radius 2 is 2.00 bits per heavy atom. The van der Waals surface area contributed by atoms with Gasteiger partial charge in [0.2, 0.25) is 0 Å². The van der Waals surface area contributed by atoms with Crippen LogP contribution in [0.3, 0.4) is 0 Å². The van der Waals surface area contributed by atoms with Gasteiger partial charge in [-0.15, -0.1) is 0 Å². The first-order chi connectivity index (χ1) is 12.3. The van der Waals surface area contributed by atoms with Crippen molar-refractivity contribution in [3.63, 3.8) is 0 Å². The number of carbonyl (C=O) groups excluding carboxylic acids is 1. The monoisotopic (exact) mass is 384 g/mol. The second-order valence-corrected chi connectivity index (χ2v) is 7.65. The smallest absolute Gasteiger partial charge is 0.302 e. The van der Waals surface area contributed by atoms with Gasteiger partial charge in [0.05, 0.1) is 17.6 Å². The fourth-order valence-electron chi connectivity index (χ4n) is 2.51. The van der Waals surface area contributed by atoms with Crippen LogP contribution in [0.5, 0.6) is 0 Å². The van der Waals surface area contributed by atoms with Crippen molar-refractivity contribution in [2.45, 2.75) is 43.5 Å². The van der Waals surface area contributed by atoms with Crippen LogP contribution in [0, 0.1) is 6.92 Å². The molecule has 8 heteroatoms. The minimum Gasteiger partial charge on any atom is -0.463 e. The largest absolute Gasteiger partial charge is 0.463 e. The maximum Gasteiger partial charge on any atom is 0.302 e. The molecule has 2 atom stereocenters. The van der Waals surface area contributed by atoms with E-state index in [1.54, 1.807) is 18.2 Å². The number of methoxy groups -OCH3 is 1. The average Bonchev–Trinajstić information content (AvgIpc) is 2.60. The average molecular weight is 384 g/mol. The van der Waals surface area contributed by atoms with Crippen molar-refractivity contribution in [1.82, 2.24) is 0 Å². The molecule has 1 aromatic carbocycles. The van der Waals surface area contributed by atoms with Crippen LogP contribution in [0.1, 0.15) is 25.3 Å². The van der Waals surface area contributed by atoms with Crippen molar-refractivity contribution in [3.05, 3.63) is 42.0 Å². The molecule has 0 saturated carbocycles. The Kier molecular flexibility index (Phi) is 6.94. The third-order valence-corrected chi connectivity index (χ3v) is 5.28. The molecule has 1 heterocycles. The number of rotatable bonds is 8. The summed E-state index contributed by atoms with van der Waals surface area (Å²) in [5, 5.41) is 0. The summed E-state index contributed by atoms with van der Waals surface area (Å²) in [7, 11) is -2.39. The fraction of sp³-hybridized carbons (Fsp3) is 0.500. The molecule has 0 spiro atoms. The van der Waals surface area contributed by atoms with Gasteiger partial charge in [-0.05, 0) is 31.6 Å². The molecule has 1 aliphatic rings. The second-order valence-electron chi connectivity index (χ2n) is 6.04. The van der Waals surface area contributed by atoms with Crippen LogP contribution in [0.2, 0.25) is 0 Å². The molecule has 0 amide bonds. The number of hydrogen-bond acceptors (Lipinski definition) is 7. The first kappa shape index (κ1) is 20.6. The summed E-state index contributed by atoms with van der Waals surface area (Å²) in [4.78, 5) is 11.0. The second kappa shape index (κ2) is 8.77. The van der Waals surface area contributed by atoms with Crippen LogP contribution in [0.25, 0.3) is 0 Å². The molecule has 0 saturated heterocycles. The zero-order valence-corrected chi connectivity index (χ0v) is 16.0. The summed E-state index contributed by atoms with van der Waals surface area (Å²) in [6, 6.07) is 6.42. The van der Waals surface area contributed by atoms with E-state index in [1.807, 2.05) is 13.0 Å². The van der Waals surface area contributed by atoms with Gasteiger partial charge in [0.25, 0.3) is 10.1 Å². The molecule has 0 unspecified atom stereocenters. The van der Waals surface area contributed by atoms with Crippen molar-refractivity contribution in [2.24, 2.45) is 0 Å². The maximum atomic E-state index is 12.2. The quantitative estimate of drug-likeness (QED) is 0.386. The van der Waals surface area contributed by atoms with Crippen LogP contribution in [-0.4, -0.2) is 46.6 Å². The van der Waals surface area contributed by atoms with Gasteiger partial charge in [-0.25, -0.2) is 0 Å². The van der Waals surface area contributed by atoms with Crippen LogP contribution in [0.15, 0.2) is 41.3 Å². The number of esters is 1. The Morgan fingerprint density at radius 1 is 1.31 bits per heavy atom. The molecule has 2 rings (SSSR count). The first-order valence-corrected chi connectivity index (χ1v) is 9.67. The zero-order chi connectivity index (χ0) is 19.2. The topological polar surface area (TPSA) is 88.1 Å². The van der Waals surface area contributed by atoms with Gasteiger partial charge < -0.3 is 14.2 Å². The number of ether oxygens (including phenoxy) is 3. The molecule has 0 bridgehead atoms. The minimum absolute atomic E-state index is 0.0995. The third kappa shape index (κ3) is 5.63. The van der Waals surface area contributed by atoms with Gasteiger partial charge in [-0.3, -0.25) is 8.98 Å². The Morgan fingerprint density at radius 3 is 2.62 bits per heavy atom. The van der Waals surface area contributed by atoms with Crippen molar-refractivity contribution in [3.8, 4) is 0 Å². The highest BCUT2D eigenvalue weighted by Gasteiger charge is 2.35. The van der Waals surface area contributed by atoms with Crippen LogP contribution in [-0.2, 0) is 33.3 Å². The summed E-state index contributed by atoms with van der Waals surface area (Å²) >= 11 is 0. The van der Waals surface area contributed by atoms with Crippen LogP contribution in [0.4, 0.5) is 0 Å². The fourth-order valence-corrected chi connectivity index (χ4v) is 3.42. The standard InChI is InChI=1S/C18H24O7S/c1-14-6-8-17(9-7-14)26(20,21)24-12-11-18(22-3)10-4-5-16(25-18)13-23-15(2)19/h4,6-10,16H,5,11-13H2,1-3H3/t16-,18+/m1/s1. The van der Waals surface area contributed by atoms with Crippen LogP contribution < -0.4 is 0 Å². The highest BCUT2D eigenvalue weighted by molar-refractivity contribution is 7.86. The Labute approximate surface area is 154 Å². The van der Waals surface area contributed by atoms with E-state index in [-0.39, 0.29) is 30.6 Å². The minimum atomic E-state index is -3.85. The Bertz CT molecular complexity index is 739. The van der Waals surface area contributed by atoms with Gasteiger partial charge in [-0.1, -0.05) is 23.8 Å². The highest BCUT2D eigenvalue weighted by Crippen LogP contribution is 2.28. The number of hydrogen-bond donors (Lipinski definition) is 0. The predicted molar refractivity (Wildman–Crippen MR) is 93.9 cm³/mol. The van der Waals surface area contributed by atoms with E-state index >= 15 is 0 Å². The molecule has 144 valence electrons. The lowest BCUT2D eigenvalue weighted by Crippen LogP contribution is -2.42. The molecule has 1 aliphatic heterocycles. The summed E-state index contributed by atoms with van der Waals surface area (Å²) < 4.78 is 45.8. The van der Waals surface area contributed by atoms with Crippen molar-refractivity contribution in [2.75, 3.05) is 20.3 Å². The van der Waals surface area contributed by atoms with E-state index in [1.165, 1.54) is 26.2 Å². The number of benzene rings is 1. The van der Waals surface area contributed by atoms with Gasteiger partial charge in [0.15, 0.2) is 5.79 Å². The molecule has 7 nitrogen and oxygen atoms in total. The molecule has 0 aliphatic carbocycles. The van der Waals surface area contributed by atoms with Gasteiger partial charge in [-0.2, -0.15) is 8.42 Å². The van der Waals surface area contributed by atoms with E-state index in [0.717, 1.165) is 5.56 Å². The molecular weight excluding hydrogens is 360 g/mol. The lowest BCUT2D eigenvalue weighted by Gasteiger charge is -2.36. The molecule has 0 radical (unpaired) electrons. The molecule has 1 aromatic rings. The lowest BCUT2D eigenvalue weighted by molar-refractivity contribution is -0.233. The van der Waals surface area contributed by atoms with Gasteiger partial charge in [0, 0.05) is 20.5 Å². The molecule has 0 N–H and O–H groups in total. The zero-order valence-electron chi connectivity index (χ0n) is 15.1. The highest BCUT2D eigenvalue weighted by atomic mass is 32.2. The molecule has 26 heavy (non-hydrogen) atoms. The van der Waals surface area contributed by atoms with E-state index < -0.39 is 21.9 Å². The van der Waals surface area contributed by atoms with Gasteiger partial charge >= 0.3 is 5.97 Å². The Hall–Kier alpha value is -1.74. The number of carbonyl (C=O) groups is 1. The first-order valence-electron chi connectivity index (χ1n) is 8.26. The molecule has 0 fully saturated rings.